The first-order chi connectivity index (χ1) is 7.90. The third-order valence-electron chi connectivity index (χ3n) is 3.08. The smallest absolute Gasteiger partial charge is 0.0589 e. The van der Waals surface area contributed by atoms with Crippen molar-refractivity contribution in [3.05, 3.63) is 30.1 Å². The minimum Gasteiger partial charge on any atom is -0.383 e. The van der Waals surface area contributed by atoms with Crippen molar-refractivity contribution in [3.8, 4) is 0 Å². The highest BCUT2D eigenvalue weighted by Gasteiger charge is 2.27. The summed E-state index contributed by atoms with van der Waals surface area (Å²) in [4.78, 5) is 6.58. The molecular formula is C13H20N2O. The number of pyridine rings is 1. The molecule has 0 unspecified atom stereocenters. The van der Waals surface area contributed by atoms with Gasteiger partial charge in [0.2, 0.25) is 0 Å². The fraction of sp³-hybridized carbons (Fsp3) is 0.615. The monoisotopic (exact) mass is 220 g/mol. The first-order valence-corrected chi connectivity index (χ1v) is 6.02. The van der Waals surface area contributed by atoms with E-state index in [-0.39, 0.29) is 0 Å². The van der Waals surface area contributed by atoms with Gasteiger partial charge in [0.25, 0.3) is 0 Å². The van der Waals surface area contributed by atoms with E-state index in [0.717, 1.165) is 32.2 Å². The van der Waals surface area contributed by atoms with Crippen LogP contribution in [0.3, 0.4) is 0 Å². The predicted molar refractivity (Wildman–Crippen MR) is 64.4 cm³/mol. The summed E-state index contributed by atoms with van der Waals surface area (Å²) >= 11 is 0. The Labute approximate surface area is 97.4 Å². The molecule has 0 spiro atoms. The first kappa shape index (κ1) is 11.6. The van der Waals surface area contributed by atoms with E-state index in [4.69, 9.17) is 4.74 Å². The molecule has 16 heavy (non-hydrogen) atoms. The van der Waals surface area contributed by atoms with Gasteiger partial charge in [-0.15, -0.1) is 0 Å². The second kappa shape index (κ2) is 5.97. The molecule has 3 heteroatoms. The quantitative estimate of drug-likeness (QED) is 0.700. The Hall–Kier alpha value is -0.930. The molecule has 1 aromatic rings. The second-order valence-corrected chi connectivity index (χ2v) is 4.37. The molecule has 0 amide bonds. The van der Waals surface area contributed by atoms with E-state index in [1.807, 2.05) is 12.4 Å². The molecule has 1 aliphatic rings. The molecule has 1 fully saturated rings. The summed E-state index contributed by atoms with van der Waals surface area (Å²) in [5.74, 6) is 0. The van der Waals surface area contributed by atoms with Crippen LogP contribution in [0.4, 0.5) is 0 Å². The van der Waals surface area contributed by atoms with Gasteiger partial charge >= 0.3 is 0 Å². The molecule has 2 rings (SSSR count). The number of hydrogen-bond acceptors (Lipinski definition) is 3. The summed E-state index contributed by atoms with van der Waals surface area (Å²) < 4.78 is 5.15. The molecule has 0 N–H and O–H groups in total. The molecule has 1 saturated carbocycles. The fourth-order valence-electron chi connectivity index (χ4n) is 1.95. The van der Waals surface area contributed by atoms with Crippen LogP contribution in [0, 0.1) is 0 Å². The molecule has 3 nitrogen and oxygen atoms in total. The van der Waals surface area contributed by atoms with Crippen molar-refractivity contribution >= 4 is 0 Å². The lowest BCUT2D eigenvalue weighted by Crippen LogP contribution is -2.31. The summed E-state index contributed by atoms with van der Waals surface area (Å²) in [7, 11) is 1.77. The van der Waals surface area contributed by atoms with Crippen molar-refractivity contribution in [2.75, 3.05) is 26.8 Å². The maximum Gasteiger partial charge on any atom is 0.0589 e. The maximum atomic E-state index is 5.15. The number of methoxy groups -OCH3 is 1. The lowest BCUT2D eigenvalue weighted by molar-refractivity contribution is 0.144. The third kappa shape index (κ3) is 3.58. The Balaban J connectivity index is 1.77. The first-order valence-electron chi connectivity index (χ1n) is 6.02. The van der Waals surface area contributed by atoms with Crippen LogP contribution in [-0.2, 0) is 11.2 Å². The van der Waals surface area contributed by atoms with Crippen LogP contribution in [0.15, 0.2) is 24.5 Å². The largest absolute Gasteiger partial charge is 0.383 e. The summed E-state index contributed by atoms with van der Waals surface area (Å²) in [5, 5.41) is 0. The molecule has 0 radical (unpaired) electrons. The van der Waals surface area contributed by atoms with Gasteiger partial charge in [0, 0.05) is 38.6 Å². The number of hydrogen-bond donors (Lipinski definition) is 0. The zero-order chi connectivity index (χ0) is 11.2. The minimum atomic E-state index is 0.817. The average molecular weight is 220 g/mol. The summed E-state index contributed by atoms with van der Waals surface area (Å²) in [6, 6.07) is 5.01. The van der Waals surface area contributed by atoms with Crippen LogP contribution in [0.25, 0.3) is 0 Å². The Kier molecular flexibility index (Phi) is 4.31. The van der Waals surface area contributed by atoms with Crippen LogP contribution >= 0.6 is 0 Å². The molecule has 0 aromatic carbocycles. The van der Waals surface area contributed by atoms with Gasteiger partial charge in [-0.05, 0) is 37.0 Å². The molecule has 0 atom stereocenters. The highest BCUT2D eigenvalue weighted by Crippen LogP contribution is 2.26. The van der Waals surface area contributed by atoms with Crippen LogP contribution in [0.1, 0.15) is 18.4 Å². The van der Waals surface area contributed by atoms with Gasteiger partial charge in [-0.1, -0.05) is 0 Å². The zero-order valence-corrected chi connectivity index (χ0v) is 9.93. The number of aromatic nitrogens is 1. The summed E-state index contributed by atoms with van der Waals surface area (Å²) in [6.07, 6.45) is 7.57. The van der Waals surface area contributed by atoms with Gasteiger partial charge in [0.05, 0.1) is 6.61 Å². The van der Waals surface area contributed by atoms with Crippen LogP contribution in [-0.4, -0.2) is 42.7 Å². The number of rotatable bonds is 7. The zero-order valence-electron chi connectivity index (χ0n) is 9.93. The van der Waals surface area contributed by atoms with Gasteiger partial charge in [0.1, 0.15) is 0 Å². The Morgan fingerprint density at radius 1 is 1.31 bits per heavy atom. The van der Waals surface area contributed by atoms with E-state index in [0.29, 0.717) is 0 Å². The van der Waals surface area contributed by atoms with Crippen LogP contribution < -0.4 is 0 Å². The van der Waals surface area contributed by atoms with E-state index in [1.54, 1.807) is 7.11 Å². The van der Waals surface area contributed by atoms with Gasteiger partial charge in [-0.3, -0.25) is 9.88 Å². The summed E-state index contributed by atoms with van der Waals surface area (Å²) in [6.45, 7) is 3.04. The van der Waals surface area contributed by atoms with E-state index >= 15 is 0 Å². The van der Waals surface area contributed by atoms with Gasteiger partial charge in [0.15, 0.2) is 0 Å². The van der Waals surface area contributed by atoms with Crippen molar-refractivity contribution in [1.29, 1.82) is 0 Å². The molecule has 0 bridgehead atoms. The topological polar surface area (TPSA) is 25.4 Å². The fourth-order valence-corrected chi connectivity index (χ4v) is 1.95. The van der Waals surface area contributed by atoms with E-state index in [2.05, 4.69) is 22.0 Å². The molecule has 1 aliphatic carbocycles. The average Bonchev–Trinajstić information content (AvgIpc) is 3.15. The van der Waals surface area contributed by atoms with Crippen molar-refractivity contribution in [2.45, 2.75) is 25.3 Å². The van der Waals surface area contributed by atoms with Gasteiger partial charge < -0.3 is 4.74 Å². The number of nitrogens with zero attached hydrogens (tertiary/aromatic N) is 2. The number of ether oxygens (including phenoxy) is 1. The molecule has 0 saturated heterocycles. The van der Waals surface area contributed by atoms with E-state index in [9.17, 15) is 0 Å². The SMILES string of the molecule is COCCN(CCc1ccncc1)C1CC1. The molecule has 1 heterocycles. The third-order valence-corrected chi connectivity index (χ3v) is 3.08. The molecule has 88 valence electrons. The highest BCUT2D eigenvalue weighted by atomic mass is 16.5. The Bertz CT molecular complexity index is 298. The maximum absolute atomic E-state index is 5.15. The molecule has 0 aliphatic heterocycles. The minimum absolute atomic E-state index is 0.817. The lowest BCUT2D eigenvalue weighted by atomic mass is 10.2. The Morgan fingerprint density at radius 3 is 2.69 bits per heavy atom. The summed E-state index contributed by atoms with van der Waals surface area (Å²) in [5.41, 5.74) is 1.37. The molecule has 1 aromatic heterocycles. The predicted octanol–water partition coefficient (Wildman–Crippen LogP) is 1.73. The standard InChI is InChI=1S/C13H20N2O/c1-16-11-10-15(13-2-3-13)9-6-12-4-7-14-8-5-12/h4-5,7-8,13H,2-3,6,9-11H2,1H3. The van der Waals surface area contributed by atoms with Crippen molar-refractivity contribution in [2.24, 2.45) is 0 Å². The van der Waals surface area contributed by atoms with Gasteiger partial charge in [-0.25, -0.2) is 0 Å². The van der Waals surface area contributed by atoms with E-state index < -0.39 is 0 Å². The second-order valence-electron chi connectivity index (χ2n) is 4.37. The highest BCUT2D eigenvalue weighted by molar-refractivity contribution is 5.10. The van der Waals surface area contributed by atoms with Crippen molar-refractivity contribution < 1.29 is 4.74 Å². The normalized spacial score (nSPS) is 15.6. The lowest BCUT2D eigenvalue weighted by Gasteiger charge is -2.21. The van der Waals surface area contributed by atoms with Crippen molar-refractivity contribution in [1.82, 2.24) is 9.88 Å². The van der Waals surface area contributed by atoms with Crippen LogP contribution in [0.5, 0.6) is 0 Å². The van der Waals surface area contributed by atoms with Gasteiger partial charge in [-0.2, -0.15) is 0 Å². The van der Waals surface area contributed by atoms with Crippen molar-refractivity contribution in [3.63, 3.8) is 0 Å². The van der Waals surface area contributed by atoms with Crippen LogP contribution in [0.2, 0.25) is 0 Å². The Morgan fingerprint density at radius 2 is 2.06 bits per heavy atom. The van der Waals surface area contributed by atoms with E-state index in [1.165, 1.54) is 18.4 Å². The molecular weight excluding hydrogens is 200 g/mol.